The summed E-state index contributed by atoms with van der Waals surface area (Å²) in [5, 5.41) is 20.8. The second-order valence-corrected chi connectivity index (χ2v) is 4.68. The Morgan fingerprint density at radius 3 is 2.57 bits per heavy atom. The number of alkyl halides is 3. The van der Waals surface area contributed by atoms with Crippen LogP contribution in [0.5, 0.6) is 0 Å². The highest BCUT2D eigenvalue weighted by Gasteiger charge is 2.32. The van der Waals surface area contributed by atoms with Crippen molar-refractivity contribution < 1.29 is 23.1 Å². The maximum Gasteiger partial charge on any atom is 0.416 e. The number of hydrogen-bond donors (Lipinski definition) is 2. The van der Waals surface area contributed by atoms with E-state index in [4.69, 9.17) is 5.26 Å². The maximum absolute atomic E-state index is 12.6. The summed E-state index contributed by atoms with van der Waals surface area (Å²) in [5.41, 5.74) is -1.46. The molecule has 0 bridgehead atoms. The Morgan fingerprint density at radius 2 is 2.05 bits per heavy atom. The molecule has 1 amide bonds. The lowest BCUT2D eigenvalue weighted by molar-refractivity contribution is -0.137. The molecule has 2 rings (SSSR count). The normalized spacial score (nSPS) is 15.9. The van der Waals surface area contributed by atoms with Gasteiger partial charge in [-0.3, -0.25) is 4.79 Å². The van der Waals surface area contributed by atoms with E-state index in [0.717, 1.165) is 18.2 Å². The molecule has 1 fully saturated rings. The first-order chi connectivity index (χ1) is 9.82. The van der Waals surface area contributed by atoms with Gasteiger partial charge in [-0.05, 0) is 31.0 Å². The van der Waals surface area contributed by atoms with Gasteiger partial charge in [0, 0.05) is 11.6 Å². The molecule has 0 atom stereocenters. The van der Waals surface area contributed by atoms with Crippen LogP contribution in [0.25, 0.3) is 0 Å². The molecule has 21 heavy (non-hydrogen) atoms. The summed E-state index contributed by atoms with van der Waals surface area (Å²) in [4.78, 5) is 11.8. The fraction of sp³-hybridized carbons (Fsp3) is 0.286. The molecule has 1 aliphatic carbocycles. The Bertz CT molecular complexity index is 640. The first-order valence-corrected chi connectivity index (χ1v) is 6.14. The van der Waals surface area contributed by atoms with Gasteiger partial charge in [0.1, 0.15) is 11.8 Å². The first-order valence-electron chi connectivity index (χ1n) is 6.14. The number of anilines is 1. The summed E-state index contributed by atoms with van der Waals surface area (Å²) in [7, 11) is 0. The monoisotopic (exact) mass is 296 g/mol. The number of nitrogens with zero attached hydrogens (tertiary/aromatic N) is 1. The van der Waals surface area contributed by atoms with Gasteiger partial charge in [-0.2, -0.15) is 18.4 Å². The molecule has 0 radical (unpaired) electrons. The molecule has 1 aliphatic rings. The average Bonchev–Trinajstić information content (AvgIpc) is 3.23. The number of allylic oxidation sites excluding steroid dienone is 1. The number of rotatable bonds is 3. The summed E-state index contributed by atoms with van der Waals surface area (Å²) >= 11 is 0. The second kappa shape index (κ2) is 5.48. The predicted octanol–water partition coefficient (Wildman–Crippen LogP) is 3.39. The zero-order valence-corrected chi connectivity index (χ0v) is 10.7. The van der Waals surface area contributed by atoms with Crippen LogP contribution in [0.2, 0.25) is 0 Å². The minimum atomic E-state index is -4.52. The predicted molar refractivity (Wildman–Crippen MR) is 68.1 cm³/mol. The van der Waals surface area contributed by atoms with E-state index >= 15 is 0 Å². The lowest BCUT2D eigenvalue weighted by Crippen LogP contribution is -2.16. The van der Waals surface area contributed by atoms with Crippen LogP contribution >= 0.6 is 0 Å². The zero-order valence-electron chi connectivity index (χ0n) is 10.7. The van der Waals surface area contributed by atoms with Gasteiger partial charge in [0.05, 0.1) is 5.56 Å². The standard InChI is InChI=1S/C14H11F3N2O2/c15-14(16,17)9-2-1-3-10(6-9)19-13(21)11(7-18)12(20)8-4-5-8/h1-3,6,8,20H,4-5H2,(H,19,21)/b12-11-. The minimum absolute atomic E-state index is 0.0915. The number of carbonyl (C=O) groups is 1. The molecule has 4 nitrogen and oxygen atoms in total. The third kappa shape index (κ3) is 3.54. The molecule has 0 spiro atoms. The highest BCUT2D eigenvalue weighted by molar-refractivity contribution is 6.07. The van der Waals surface area contributed by atoms with E-state index in [0.29, 0.717) is 12.8 Å². The van der Waals surface area contributed by atoms with Crippen molar-refractivity contribution in [3.63, 3.8) is 0 Å². The number of aliphatic hydroxyl groups excluding tert-OH is 1. The molecule has 1 saturated carbocycles. The van der Waals surface area contributed by atoms with Gasteiger partial charge < -0.3 is 10.4 Å². The van der Waals surface area contributed by atoms with E-state index in [1.54, 1.807) is 6.07 Å². The van der Waals surface area contributed by atoms with E-state index in [1.165, 1.54) is 6.07 Å². The van der Waals surface area contributed by atoms with Crippen LogP contribution in [-0.4, -0.2) is 11.0 Å². The number of benzene rings is 1. The SMILES string of the molecule is N#C/C(C(=O)Nc1cccc(C(F)(F)F)c1)=C(/O)C1CC1. The van der Waals surface area contributed by atoms with Crippen LogP contribution in [-0.2, 0) is 11.0 Å². The first kappa shape index (κ1) is 14.9. The van der Waals surface area contributed by atoms with E-state index in [1.807, 2.05) is 0 Å². The smallest absolute Gasteiger partial charge is 0.416 e. The lowest BCUT2D eigenvalue weighted by Gasteiger charge is -2.10. The fourth-order valence-corrected chi connectivity index (χ4v) is 1.75. The van der Waals surface area contributed by atoms with E-state index < -0.39 is 23.2 Å². The van der Waals surface area contributed by atoms with Crippen molar-refractivity contribution in [2.45, 2.75) is 19.0 Å². The molecule has 2 N–H and O–H groups in total. The lowest BCUT2D eigenvalue weighted by atomic mass is 10.1. The van der Waals surface area contributed by atoms with Crippen molar-refractivity contribution in [2.24, 2.45) is 5.92 Å². The number of nitriles is 1. The van der Waals surface area contributed by atoms with Gasteiger partial charge in [0.25, 0.3) is 5.91 Å². The van der Waals surface area contributed by atoms with Gasteiger partial charge in [0.15, 0.2) is 5.57 Å². The van der Waals surface area contributed by atoms with Crippen LogP contribution in [0, 0.1) is 17.2 Å². The van der Waals surface area contributed by atoms with Gasteiger partial charge in [-0.25, -0.2) is 0 Å². The molecule has 0 aliphatic heterocycles. The Morgan fingerprint density at radius 1 is 1.38 bits per heavy atom. The highest BCUT2D eigenvalue weighted by Crippen LogP contribution is 2.36. The largest absolute Gasteiger partial charge is 0.510 e. The van der Waals surface area contributed by atoms with E-state index in [-0.39, 0.29) is 17.4 Å². The van der Waals surface area contributed by atoms with Gasteiger partial charge in [-0.15, -0.1) is 0 Å². The number of carbonyl (C=O) groups excluding carboxylic acids is 1. The fourth-order valence-electron chi connectivity index (χ4n) is 1.75. The van der Waals surface area contributed by atoms with Crippen LogP contribution < -0.4 is 5.32 Å². The third-order valence-corrected chi connectivity index (χ3v) is 3.01. The summed E-state index contributed by atoms with van der Waals surface area (Å²) in [6.45, 7) is 0. The quantitative estimate of drug-likeness (QED) is 0.510. The van der Waals surface area contributed by atoms with Crippen LogP contribution in [0.4, 0.5) is 18.9 Å². The zero-order chi connectivity index (χ0) is 15.6. The maximum atomic E-state index is 12.6. The number of halogens is 3. The Labute approximate surface area is 118 Å². The third-order valence-electron chi connectivity index (χ3n) is 3.01. The molecule has 0 heterocycles. The van der Waals surface area contributed by atoms with Crippen molar-refractivity contribution >= 4 is 11.6 Å². The molecule has 1 aromatic rings. The molecule has 7 heteroatoms. The van der Waals surface area contributed by atoms with Crippen LogP contribution in [0.1, 0.15) is 18.4 Å². The summed E-state index contributed by atoms with van der Waals surface area (Å²) in [5.74, 6) is -1.42. The highest BCUT2D eigenvalue weighted by atomic mass is 19.4. The Hall–Kier alpha value is -2.49. The number of hydrogen-bond acceptors (Lipinski definition) is 3. The Kier molecular flexibility index (Phi) is 3.89. The van der Waals surface area contributed by atoms with Crippen molar-refractivity contribution in [2.75, 3.05) is 5.32 Å². The van der Waals surface area contributed by atoms with Gasteiger partial charge in [-0.1, -0.05) is 6.07 Å². The molecule has 0 aromatic heterocycles. The summed E-state index contributed by atoms with van der Waals surface area (Å²) in [6, 6.07) is 5.64. The van der Waals surface area contributed by atoms with Gasteiger partial charge in [0.2, 0.25) is 0 Å². The molecule has 0 saturated heterocycles. The minimum Gasteiger partial charge on any atom is -0.510 e. The second-order valence-electron chi connectivity index (χ2n) is 4.68. The summed E-state index contributed by atoms with van der Waals surface area (Å²) in [6.07, 6.45) is -3.15. The molecule has 1 aromatic carbocycles. The van der Waals surface area contributed by atoms with Crippen molar-refractivity contribution in [3.05, 3.63) is 41.2 Å². The average molecular weight is 296 g/mol. The molecular formula is C14H11F3N2O2. The molecule has 110 valence electrons. The number of aliphatic hydroxyl groups is 1. The number of nitrogens with one attached hydrogen (secondary N) is 1. The number of amides is 1. The topological polar surface area (TPSA) is 73.1 Å². The Balaban J connectivity index is 2.20. The van der Waals surface area contributed by atoms with Crippen molar-refractivity contribution in [1.82, 2.24) is 0 Å². The van der Waals surface area contributed by atoms with E-state index in [9.17, 15) is 23.1 Å². The molecular weight excluding hydrogens is 285 g/mol. The van der Waals surface area contributed by atoms with Crippen LogP contribution in [0.3, 0.4) is 0 Å². The van der Waals surface area contributed by atoms with Crippen molar-refractivity contribution in [1.29, 1.82) is 5.26 Å². The van der Waals surface area contributed by atoms with Gasteiger partial charge >= 0.3 is 6.18 Å². The van der Waals surface area contributed by atoms with Crippen molar-refractivity contribution in [3.8, 4) is 6.07 Å². The molecule has 0 unspecified atom stereocenters. The summed E-state index contributed by atoms with van der Waals surface area (Å²) < 4.78 is 37.7. The van der Waals surface area contributed by atoms with E-state index in [2.05, 4.69) is 5.32 Å². The van der Waals surface area contributed by atoms with Crippen LogP contribution in [0.15, 0.2) is 35.6 Å².